The standard InChI is InChI=1S/C10H17NO2/c1-5-7-6-8(7)11-9(12)13-10(2,3)4/h5,7-8H,1,6H2,2-4H3,(H,11,12)/t7-,8-/m0/s1. The number of amides is 1. The lowest BCUT2D eigenvalue weighted by atomic mass is 10.2. The summed E-state index contributed by atoms with van der Waals surface area (Å²) in [6.45, 7) is 9.22. The lowest BCUT2D eigenvalue weighted by molar-refractivity contribution is 0.0522. The van der Waals surface area contributed by atoms with Gasteiger partial charge in [0.05, 0.1) is 0 Å². The van der Waals surface area contributed by atoms with Gasteiger partial charge in [-0.1, -0.05) is 6.08 Å². The van der Waals surface area contributed by atoms with Gasteiger partial charge < -0.3 is 10.1 Å². The van der Waals surface area contributed by atoms with Crippen molar-refractivity contribution in [1.82, 2.24) is 5.32 Å². The number of hydrogen-bond acceptors (Lipinski definition) is 2. The SMILES string of the molecule is C=C[C@H]1C[C@@H]1NC(=O)OC(C)(C)C. The molecule has 0 aromatic carbocycles. The van der Waals surface area contributed by atoms with E-state index in [1.54, 1.807) is 0 Å². The fraction of sp³-hybridized carbons (Fsp3) is 0.700. The molecule has 3 nitrogen and oxygen atoms in total. The molecule has 0 unspecified atom stereocenters. The Balaban J connectivity index is 2.23. The third-order valence-electron chi connectivity index (χ3n) is 1.84. The first-order valence-corrected chi connectivity index (χ1v) is 4.54. The lowest BCUT2D eigenvalue weighted by Crippen LogP contribution is -2.34. The largest absolute Gasteiger partial charge is 0.444 e. The first-order valence-electron chi connectivity index (χ1n) is 4.54. The van der Waals surface area contributed by atoms with E-state index in [0.29, 0.717) is 5.92 Å². The van der Waals surface area contributed by atoms with Gasteiger partial charge in [-0.3, -0.25) is 0 Å². The van der Waals surface area contributed by atoms with Crippen molar-refractivity contribution in [3.05, 3.63) is 12.7 Å². The van der Waals surface area contributed by atoms with Crippen molar-refractivity contribution in [3.8, 4) is 0 Å². The van der Waals surface area contributed by atoms with Gasteiger partial charge in [-0.05, 0) is 33.1 Å². The number of rotatable bonds is 2. The number of carbonyl (C=O) groups excluding carboxylic acids is 1. The Hall–Kier alpha value is -0.990. The summed E-state index contributed by atoms with van der Waals surface area (Å²) in [5.41, 5.74) is -0.414. The Morgan fingerprint density at radius 2 is 2.23 bits per heavy atom. The second-order valence-electron chi connectivity index (χ2n) is 4.39. The second-order valence-corrected chi connectivity index (χ2v) is 4.39. The van der Waals surface area contributed by atoms with Crippen LogP contribution in [-0.2, 0) is 4.74 Å². The van der Waals surface area contributed by atoms with Crippen LogP contribution in [0.5, 0.6) is 0 Å². The predicted octanol–water partition coefficient (Wildman–Crippen LogP) is 2.09. The van der Waals surface area contributed by atoms with Crippen LogP contribution < -0.4 is 5.32 Å². The lowest BCUT2D eigenvalue weighted by Gasteiger charge is -2.19. The van der Waals surface area contributed by atoms with Gasteiger partial charge in [-0.25, -0.2) is 4.79 Å². The van der Waals surface area contributed by atoms with Crippen molar-refractivity contribution in [3.63, 3.8) is 0 Å². The Morgan fingerprint density at radius 3 is 2.62 bits per heavy atom. The van der Waals surface area contributed by atoms with Crippen LogP contribution in [0.2, 0.25) is 0 Å². The van der Waals surface area contributed by atoms with E-state index in [1.165, 1.54) is 0 Å². The van der Waals surface area contributed by atoms with Crippen molar-refractivity contribution in [1.29, 1.82) is 0 Å². The molecule has 3 heteroatoms. The molecule has 13 heavy (non-hydrogen) atoms. The molecule has 1 aliphatic carbocycles. The summed E-state index contributed by atoms with van der Waals surface area (Å²) in [5.74, 6) is 0.438. The molecular weight excluding hydrogens is 166 g/mol. The molecule has 1 rings (SSSR count). The minimum absolute atomic E-state index is 0.243. The molecule has 0 spiro atoms. The summed E-state index contributed by atoms with van der Waals surface area (Å²) in [5, 5.41) is 2.78. The van der Waals surface area contributed by atoms with E-state index >= 15 is 0 Å². The molecule has 1 aliphatic rings. The molecule has 0 aromatic rings. The summed E-state index contributed by atoms with van der Waals surface area (Å²) in [4.78, 5) is 11.2. The van der Waals surface area contributed by atoms with Crippen LogP contribution in [0.4, 0.5) is 4.79 Å². The number of carbonyl (C=O) groups is 1. The molecule has 0 aromatic heterocycles. The molecule has 1 fully saturated rings. The maximum atomic E-state index is 11.2. The molecule has 74 valence electrons. The zero-order chi connectivity index (χ0) is 10.1. The van der Waals surface area contributed by atoms with Crippen LogP contribution in [0.1, 0.15) is 27.2 Å². The van der Waals surface area contributed by atoms with Gasteiger partial charge in [-0.15, -0.1) is 6.58 Å². The van der Waals surface area contributed by atoms with Crippen LogP contribution in [-0.4, -0.2) is 17.7 Å². The average molecular weight is 183 g/mol. The Morgan fingerprint density at radius 1 is 1.62 bits per heavy atom. The van der Waals surface area contributed by atoms with Gasteiger partial charge in [0.2, 0.25) is 0 Å². The molecular formula is C10H17NO2. The first kappa shape index (κ1) is 10.1. The fourth-order valence-corrected chi connectivity index (χ4v) is 1.10. The monoisotopic (exact) mass is 183 g/mol. The van der Waals surface area contributed by atoms with E-state index in [1.807, 2.05) is 26.8 Å². The molecule has 1 amide bonds. The summed E-state index contributed by atoms with van der Waals surface area (Å²) in [7, 11) is 0. The maximum absolute atomic E-state index is 11.2. The highest BCUT2D eigenvalue weighted by Gasteiger charge is 2.36. The second kappa shape index (κ2) is 3.40. The molecule has 2 atom stereocenters. The topological polar surface area (TPSA) is 38.3 Å². The van der Waals surface area contributed by atoms with Gasteiger partial charge in [0.25, 0.3) is 0 Å². The summed E-state index contributed by atoms with van der Waals surface area (Å²) < 4.78 is 5.10. The van der Waals surface area contributed by atoms with Crippen molar-refractivity contribution in [2.24, 2.45) is 5.92 Å². The van der Waals surface area contributed by atoms with Crippen LogP contribution in [0.25, 0.3) is 0 Å². The smallest absolute Gasteiger partial charge is 0.407 e. The Bertz CT molecular complexity index is 217. The highest BCUT2D eigenvalue weighted by atomic mass is 16.6. The molecule has 0 radical (unpaired) electrons. The van der Waals surface area contributed by atoms with E-state index in [-0.39, 0.29) is 12.1 Å². The van der Waals surface area contributed by atoms with Gasteiger partial charge in [0.1, 0.15) is 5.60 Å². The van der Waals surface area contributed by atoms with E-state index < -0.39 is 5.60 Å². The first-order chi connectivity index (χ1) is 5.92. The minimum Gasteiger partial charge on any atom is -0.444 e. The molecule has 1 N–H and O–H groups in total. The van der Waals surface area contributed by atoms with Gasteiger partial charge in [0, 0.05) is 6.04 Å². The van der Waals surface area contributed by atoms with E-state index in [2.05, 4.69) is 11.9 Å². The summed E-state index contributed by atoms with van der Waals surface area (Å²) in [6, 6.07) is 0.243. The van der Waals surface area contributed by atoms with Gasteiger partial charge in [0.15, 0.2) is 0 Å². The van der Waals surface area contributed by atoms with Crippen LogP contribution >= 0.6 is 0 Å². The summed E-state index contributed by atoms with van der Waals surface area (Å²) in [6.07, 6.45) is 2.52. The predicted molar refractivity (Wildman–Crippen MR) is 51.5 cm³/mol. The third kappa shape index (κ3) is 3.49. The molecule has 0 saturated heterocycles. The number of hydrogen-bond donors (Lipinski definition) is 1. The highest BCUT2D eigenvalue weighted by Crippen LogP contribution is 2.31. The van der Waals surface area contributed by atoms with E-state index in [0.717, 1.165) is 6.42 Å². The normalized spacial score (nSPS) is 26.4. The van der Waals surface area contributed by atoms with Gasteiger partial charge in [-0.2, -0.15) is 0 Å². The fourth-order valence-electron chi connectivity index (χ4n) is 1.10. The van der Waals surface area contributed by atoms with Crippen LogP contribution in [0.3, 0.4) is 0 Å². The zero-order valence-corrected chi connectivity index (χ0v) is 8.46. The molecule has 0 aliphatic heterocycles. The molecule has 0 bridgehead atoms. The average Bonchev–Trinajstić information content (AvgIpc) is 2.62. The molecule has 0 heterocycles. The Labute approximate surface area is 79.2 Å². The number of alkyl carbamates (subject to hydrolysis) is 1. The number of nitrogens with one attached hydrogen (secondary N) is 1. The van der Waals surface area contributed by atoms with Crippen LogP contribution in [0, 0.1) is 5.92 Å². The van der Waals surface area contributed by atoms with Crippen LogP contribution in [0.15, 0.2) is 12.7 Å². The maximum Gasteiger partial charge on any atom is 0.407 e. The van der Waals surface area contributed by atoms with E-state index in [4.69, 9.17) is 4.74 Å². The van der Waals surface area contributed by atoms with Crippen molar-refractivity contribution in [2.45, 2.75) is 38.8 Å². The van der Waals surface area contributed by atoms with Crippen molar-refractivity contribution < 1.29 is 9.53 Å². The van der Waals surface area contributed by atoms with Gasteiger partial charge >= 0.3 is 6.09 Å². The number of ether oxygens (including phenoxy) is 1. The Kier molecular flexibility index (Phi) is 2.64. The molecule has 1 saturated carbocycles. The zero-order valence-electron chi connectivity index (χ0n) is 8.46. The summed E-state index contributed by atoms with van der Waals surface area (Å²) >= 11 is 0. The third-order valence-corrected chi connectivity index (χ3v) is 1.84. The van der Waals surface area contributed by atoms with E-state index in [9.17, 15) is 4.79 Å². The highest BCUT2D eigenvalue weighted by molar-refractivity contribution is 5.68. The van der Waals surface area contributed by atoms with Crippen molar-refractivity contribution >= 4 is 6.09 Å². The quantitative estimate of drug-likeness (QED) is 0.666. The minimum atomic E-state index is -0.414. The van der Waals surface area contributed by atoms with Crippen molar-refractivity contribution in [2.75, 3.05) is 0 Å².